The van der Waals surface area contributed by atoms with E-state index in [0.29, 0.717) is 30.6 Å². The summed E-state index contributed by atoms with van der Waals surface area (Å²) in [6.07, 6.45) is 0.536. The molecule has 1 aliphatic heterocycles. The monoisotopic (exact) mass is 343 g/mol. The molecule has 0 saturated carbocycles. The molecule has 0 radical (unpaired) electrons. The molecule has 2 atom stereocenters. The summed E-state index contributed by atoms with van der Waals surface area (Å²) in [7, 11) is 0. The highest BCUT2D eigenvalue weighted by Crippen LogP contribution is 2.18. The number of carbonyl (C=O) groups excluding carboxylic acids is 1. The summed E-state index contributed by atoms with van der Waals surface area (Å²) < 4.78 is 5.03. The van der Waals surface area contributed by atoms with Crippen molar-refractivity contribution in [1.29, 1.82) is 0 Å². The molecule has 1 fully saturated rings. The van der Waals surface area contributed by atoms with Gasteiger partial charge in [-0.2, -0.15) is 4.98 Å². The molecule has 1 aromatic carbocycles. The first kappa shape index (κ1) is 17.4. The summed E-state index contributed by atoms with van der Waals surface area (Å²) in [5.74, 6) is 1.58. The lowest BCUT2D eigenvalue weighted by molar-refractivity contribution is 0.234. The maximum Gasteiger partial charge on any atom is 0.315 e. The first-order valence-corrected chi connectivity index (χ1v) is 8.70. The Kier molecular flexibility index (Phi) is 5.65. The molecule has 1 aromatic heterocycles. The second kappa shape index (κ2) is 8.11. The van der Waals surface area contributed by atoms with Crippen molar-refractivity contribution in [2.45, 2.75) is 32.9 Å². The van der Waals surface area contributed by atoms with Gasteiger partial charge in [0.25, 0.3) is 0 Å². The number of hydrogen-bond donors (Lipinski definition) is 2. The number of likely N-dealkylation sites (tertiary alicyclic amines) is 1. The molecule has 2 N–H and O–H groups in total. The highest BCUT2D eigenvalue weighted by Gasteiger charge is 2.30. The van der Waals surface area contributed by atoms with Crippen molar-refractivity contribution >= 4 is 6.03 Å². The minimum absolute atomic E-state index is 0.144. The fourth-order valence-corrected chi connectivity index (χ4v) is 3.17. The number of nitrogens with one attached hydrogen (secondary N) is 2. The van der Waals surface area contributed by atoms with E-state index in [2.05, 4.69) is 56.9 Å². The van der Waals surface area contributed by atoms with Crippen LogP contribution in [0.1, 0.15) is 24.2 Å². The predicted molar refractivity (Wildman–Crippen MR) is 93.9 cm³/mol. The zero-order valence-corrected chi connectivity index (χ0v) is 14.7. The third-order valence-electron chi connectivity index (χ3n) is 4.45. The predicted octanol–water partition coefficient (Wildman–Crippen LogP) is 1.74. The minimum Gasteiger partial charge on any atom is -0.339 e. The number of aromatic nitrogens is 2. The van der Waals surface area contributed by atoms with Crippen molar-refractivity contribution in [3.63, 3.8) is 0 Å². The van der Waals surface area contributed by atoms with Gasteiger partial charge in [0.2, 0.25) is 5.89 Å². The Morgan fingerprint density at radius 1 is 1.32 bits per heavy atom. The Hall–Kier alpha value is -2.41. The molecule has 0 aliphatic carbocycles. The zero-order valence-electron chi connectivity index (χ0n) is 14.7. The fraction of sp³-hybridized carbons (Fsp3) is 0.500. The van der Waals surface area contributed by atoms with Gasteiger partial charge in [0, 0.05) is 38.6 Å². The van der Waals surface area contributed by atoms with E-state index in [1.165, 1.54) is 5.56 Å². The molecule has 1 saturated heterocycles. The number of carbonyl (C=O) groups is 1. The number of amides is 2. The molecule has 2 amide bonds. The van der Waals surface area contributed by atoms with Crippen LogP contribution in [0, 0.1) is 12.8 Å². The van der Waals surface area contributed by atoms with Crippen LogP contribution in [0.3, 0.4) is 0 Å². The summed E-state index contributed by atoms with van der Waals surface area (Å²) in [5, 5.41) is 9.66. The van der Waals surface area contributed by atoms with Crippen LogP contribution in [0.4, 0.5) is 4.79 Å². The normalized spacial score (nSPS) is 20.6. The lowest BCUT2D eigenvalue weighted by Gasteiger charge is -2.17. The van der Waals surface area contributed by atoms with Gasteiger partial charge in [0.05, 0.1) is 0 Å². The number of urea groups is 1. The second-order valence-corrected chi connectivity index (χ2v) is 6.65. The largest absolute Gasteiger partial charge is 0.339 e. The molecule has 0 bridgehead atoms. The first-order chi connectivity index (χ1) is 12.1. The Labute approximate surface area is 147 Å². The minimum atomic E-state index is -0.144. The maximum absolute atomic E-state index is 12.1. The fourth-order valence-electron chi connectivity index (χ4n) is 3.17. The third-order valence-corrected chi connectivity index (χ3v) is 4.45. The molecular formula is C18H25N5O2. The van der Waals surface area contributed by atoms with Gasteiger partial charge in [-0.1, -0.05) is 42.4 Å². The van der Waals surface area contributed by atoms with Crippen LogP contribution in [-0.4, -0.2) is 46.7 Å². The molecule has 2 unspecified atom stereocenters. The van der Waals surface area contributed by atoms with Gasteiger partial charge in [0.1, 0.15) is 0 Å². The van der Waals surface area contributed by atoms with Crippen LogP contribution in [0.15, 0.2) is 34.9 Å². The van der Waals surface area contributed by atoms with Crippen LogP contribution < -0.4 is 10.6 Å². The lowest BCUT2D eigenvalue weighted by atomic mass is 10.1. The topological polar surface area (TPSA) is 83.3 Å². The van der Waals surface area contributed by atoms with Crippen molar-refractivity contribution in [3.8, 4) is 0 Å². The third kappa shape index (κ3) is 5.03. The quantitative estimate of drug-likeness (QED) is 0.835. The number of benzene rings is 1. The number of rotatable bonds is 6. The molecule has 0 spiro atoms. The second-order valence-electron chi connectivity index (χ2n) is 6.65. The summed E-state index contributed by atoms with van der Waals surface area (Å²) in [6, 6.07) is 10.4. The van der Waals surface area contributed by atoms with Gasteiger partial charge in [-0.25, -0.2) is 4.79 Å². The highest BCUT2D eigenvalue weighted by molar-refractivity contribution is 5.74. The Bertz CT molecular complexity index is 688. The standard InChI is InChI=1S/C18H25N5O2/c1-13-10-23(11-15-6-4-3-5-7-15)12-16(13)21-18(24)19-9-8-17-20-14(2)22-25-17/h3-7,13,16H,8-12H2,1-2H3,(H2,19,21,24). The van der Waals surface area contributed by atoms with E-state index >= 15 is 0 Å². The van der Waals surface area contributed by atoms with Crippen LogP contribution in [0.25, 0.3) is 0 Å². The van der Waals surface area contributed by atoms with E-state index in [-0.39, 0.29) is 12.1 Å². The molecule has 7 nitrogen and oxygen atoms in total. The highest BCUT2D eigenvalue weighted by atomic mass is 16.5. The van der Waals surface area contributed by atoms with Gasteiger partial charge in [0.15, 0.2) is 5.82 Å². The zero-order chi connectivity index (χ0) is 17.6. The van der Waals surface area contributed by atoms with E-state index in [0.717, 1.165) is 19.6 Å². The SMILES string of the molecule is Cc1noc(CCNC(=O)NC2CN(Cc3ccccc3)CC2C)n1. The van der Waals surface area contributed by atoms with E-state index in [1.807, 2.05) is 6.07 Å². The Morgan fingerprint density at radius 2 is 2.12 bits per heavy atom. The molecule has 7 heteroatoms. The van der Waals surface area contributed by atoms with Gasteiger partial charge in [-0.3, -0.25) is 4.90 Å². The van der Waals surface area contributed by atoms with Gasteiger partial charge in [-0.05, 0) is 18.4 Å². The summed E-state index contributed by atoms with van der Waals surface area (Å²) in [6.45, 7) is 7.20. The van der Waals surface area contributed by atoms with Gasteiger partial charge >= 0.3 is 6.03 Å². The van der Waals surface area contributed by atoms with E-state index in [4.69, 9.17) is 4.52 Å². The molecular weight excluding hydrogens is 318 g/mol. The van der Waals surface area contributed by atoms with Gasteiger partial charge < -0.3 is 15.2 Å². The van der Waals surface area contributed by atoms with E-state index < -0.39 is 0 Å². The lowest BCUT2D eigenvalue weighted by Crippen LogP contribution is -2.45. The average Bonchev–Trinajstić information content (AvgIpc) is 3.14. The smallest absolute Gasteiger partial charge is 0.315 e. The van der Waals surface area contributed by atoms with E-state index in [1.54, 1.807) is 6.92 Å². The summed E-state index contributed by atoms with van der Waals surface area (Å²) >= 11 is 0. The number of aryl methyl sites for hydroxylation is 1. The van der Waals surface area contributed by atoms with Crippen molar-refractivity contribution < 1.29 is 9.32 Å². The molecule has 3 rings (SSSR count). The van der Waals surface area contributed by atoms with Crippen LogP contribution in [-0.2, 0) is 13.0 Å². The average molecular weight is 343 g/mol. The van der Waals surface area contributed by atoms with Crippen LogP contribution in [0.5, 0.6) is 0 Å². The number of hydrogen-bond acceptors (Lipinski definition) is 5. The van der Waals surface area contributed by atoms with Crippen molar-refractivity contribution in [1.82, 2.24) is 25.7 Å². The van der Waals surface area contributed by atoms with Crippen LogP contribution >= 0.6 is 0 Å². The summed E-state index contributed by atoms with van der Waals surface area (Å²) in [5.41, 5.74) is 1.30. The molecule has 2 aromatic rings. The van der Waals surface area contributed by atoms with E-state index in [9.17, 15) is 4.79 Å². The van der Waals surface area contributed by atoms with Crippen LogP contribution in [0.2, 0.25) is 0 Å². The molecule has 134 valence electrons. The van der Waals surface area contributed by atoms with Crippen molar-refractivity contribution in [2.24, 2.45) is 5.92 Å². The molecule has 2 heterocycles. The maximum atomic E-state index is 12.1. The first-order valence-electron chi connectivity index (χ1n) is 8.70. The van der Waals surface area contributed by atoms with Crippen molar-refractivity contribution in [2.75, 3.05) is 19.6 Å². The van der Waals surface area contributed by atoms with Gasteiger partial charge in [-0.15, -0.1) is 0 Å². The van der Waals surface area contributed by atoms with Crippen molar-refractivity contribution in [3.05, 3.63) is 47.6 Å². The number of nitrogens with zero attached hydrogens (tertiary/aromatic N) is 3. The molecule has 1 aliphatic rings. The summed E-state index contributed by atoms with van der Waals surface area (Å²) in [4.78, 5) is 18.6. The Balaban J connectivity index is 1.40. The molecule has 25 heavy (non-hydrogen) atoms. The Morgan fingerprint density at radius 3 is 2.84 bits per heavy atom.